The molecule has 9 rings (SSSR count). The van der Waals surface area contributed by atoms with Crippen molar-refractivity contribution in [3.05, 3.63) is 138 Å². The normalized spacial score (nSPS) is 17.6. The Labute approximate surface area is 371 Å². The van der Waals surface area contributed by atoms with Crippen molar-refractivity contribution >= 4 is 52.1 Å². The van der Waals surface area contributed by atoms with E-state index in [1.807, 2.05) is 73.9 Å². The molecule has 0 spiro atoms. The van der Waals surface area contributed by atoms with Crippen LogP contribution < -0.4 is 4.74 Å². The Morgan fingerprint density at radius 2 is 1.63 bits per heavy atom. The molecule has 0 unspecified atom stereocenters. The molecule has 5 aromatic carbocycles. The number of hydrogen-bond donors (Lipinski definition) is 0. The van der Waals surface area contributed by atoms with E-state index < -0.39 is 13.9 Å². The molecule has 0 amide bonds. The molecule has 7 aromatic rings. The lowest BCUT2D eigenvalue weighted by Gasteiger charge is -2.38. The number of rotatable bonds is 10. The summed E-state index contributed by atoms with van der Waals surface area (Å²) in [4.78, 5) is 17.2. The monoisotopic (exact) mass is 857 g/mol. The molecule has 320 valence electrons. The summed E-state index contributed by atoms with van der Waals surface area (Å²) in [7, 11) is -0.440. The van der Waals surface area contributed by atoms with Gasteiger partial charge < -0.3 is 4.74 Å². The summed E-state index contributed by atoms with van der Waals surface area (Å²) in [6.45, 7) is 15.3. The van der Waals surface area contributed by atoms with E-state index in [1.165, 1.54) is 6.07 Å². The summed E-state index contributed by atoms with van der Waals surface area (Å²) < 4.78 is 47.8. The number of ether oxygens (including phenoxy) is 1. The summed E-state index contributed by atoms with van der Waals surface area (Å²) in [5, 5.41) is 7.65. The Balaban J connectivity index is 1.30. The second-order valence-electron chi connectivity index (χ2n) is 18.3. The first kappa shape index (κ1) is 41.0. The van der Waals surface area contributed by atoms with Gasteiger partial charge in [0.2, 0.25) is 0 Å². The van der Waals surface area contributed by atoms with E-state index in [-0.39, 0.29) is 24.3 Å². The largest absolute Gasteiger partial charge is 0.461 e. The number of fused-ring (bicyclic) bond motifs is 5. The van der Waals surface area contributed by atoms with Gasteiger partial charge in [-0.3, -0.25) is 9.58 Å². The highest BCUT2D eigenvalue weighted by molar-refractivity contribution is 6.90. The fourth-order valence-corrected chi connectivity index (χ4v) is 15.9. The first-order valence-electron chi connectivity index (χ1n) is 22.6. The van der Waals surface area contributed by atoms with Gasteiger partial charge in [-0.2, -0.15) is 10.1 Å². The van der Waals surface area contributed by atoms with Crippen LogP contribution in [-0.4, -0.2) is 63.7 Å². The Kier molecular flexibility index (Phi) is 11.0. The van der Waals surface area contributed by atoms with Crippen LogP contribution >= 0.6 is 0 Å². The zero-order chi connectivity index (χ0) is 44.9. The van der Waals surface area contributed by atoms with Crippen LogP contribution in [0.25, 0.3) is 43.7 Å². The van der Waals surface area contributed by atoms with Gasteiger partial charge >= 0.3 is 6.01 Å². The molecule has 2 aliphatic heterocycles. The third-order valence-corrected chi connectivity index (χ3v) is 19.9. The molecule has 2 saturated heterocycles. The van der Waals surface area contributed by atoms with Crippen LogP contribution in [0.3, 0.4) is 0 Å². The molecular formula is C53H54F2N6OSi. The lowest BCUT2D eigenvalue weighted by Crippen LogP contribution is -2.43. The second kappa shape index (κ2) is 16.9. The number of aryl methyl sites for hydroxylation is 1. The first-order valence-corrected chi connectivity index (χ1v) is 24.3. The minimum atomic E-state index is -2.29. The highest BCUT2D eigenvalue weighted by Crippen LogP contribution is 2.45. The van der Waals surface area contributed by atoms with E-state index in [1.54, 1.807) is 4.68 Å². The molecule has 2 fully saturated rings. The number of halogens is 2. The molecule has 0 saturated carbocycles. The summed E-state index contributed by atoms with van der Waals surface area (Å²) in [6, 6.07) is 29.6. The standard InChI is InChI=1S/C53H54F2N6OSi/c1-34(2)63(35(3)4,36(5)6)24-21-42-47(55)20-19-40-25-41(57-50(38-15-10-8-11-16-38)39-17-12-9-13-18-39)26-43(49(40)42)44-27-48-45(46-32-60(7)59-51(44)46)30-56-52(58-48)62-33-53-22-14-23-61(53)31-37(28-53)29-54/h8-13,15-20,25-27,29-30,32,34-36H,14,22-23,28,31,33H2,1-7H3/b37-29-/t53-/m0/s1/i30D. The Morgan fingerprint density at radius 1 is 0.937 bits per heavy atom. The van der Waals surface area contributed by atoms with Gasteiger partial charge in [0.05, 0.1) is 35.7 Å². The van der Waals surface area contributed by atoms with Crippen LogP contribution in [0.5, 0.6) is 6.01 Å². The molecular weight excluding hydrogens is 803 g/mol. The van der Waals surface area contributed by atoms with Gasteiger partial charge in [0.1, 0.15) is 26.0 Å². The quantitative estimate of drug-likeness (QED) is 0.0779. The smallest absolute Gasteiger partial charge is 0.316 e. The lowest BCUT2D eigenvalue weighted by molar-refractivity contribution is 0.108. The molecule has 2 aliphatic rings. The van der Waals surface area contributed by atoms with Crippen molar-refractivity contribution in [1.82, 2.24) is 24.6 Å². The molecule has 63 heavy (non-hydrogen) atoms. The average molecular weight is 858 g/mol. The van der Waals surface area contributed by atoms with Crippen molar-refractivity contribution in [3.8, 4) is 28.6 Å². The van der Waals surface area contributed by atoms with Crippen molar-refractivity contribution in [2.45, 2.75) is 83.0 Å². The minimum Gasteiger partial charge on any atom is -0.461 e. The molecule has 10 heteroatoms. The van der Waals surface area contributed by atoms with Crippen molar-refractivity contribution in [2.24, 2.45) is 12.0 Å². The highest BCUT2D eigenvalue weighted by atomic mass is 28.3. The van der Waals surface area contributed by atoms with Gasteiger partial charge in [0.25, 0.3) is 0 Å². The number of aromatic nitrogens is 4. The van der Waals surface area contributed by atoms with E-state index in [9.17, 15) is 5.76 Å². The number of benzene rings is 5. The van der Waals surface area contributed by atoms with Crippen LogP contribution in [0.1, 0.15) is 78.9 Å². The zero-order valence-corrected chi connectivity index (χ0v) is 38.1. The maximum absolute atomic E-state index is 16.8. The highest BCUT2D eigenvalue weighted by Gasteiger charge is 2.47. The predicted octanol–water partition coefficient (Wildman–Crippen LogP) is 12.7. The molecule has 4 heterocycles. The summed E-state index contributed by atoms with van der Waals surface area (Å²) in [5.41, 5.74) is 11.5. The van der Waals surface area contributed by atoms with Crippen molar-refractivity contribution in [3.63, 3.8) is 0 Å². The van der Waals surface area contributed by atoms with E-state index in [4.69, 9.17) is 19.8 Å². The topological polar surface area (TPSA) is 68.4 Å². The summed E-state index contributed by atoms with van der Waals surface area (Å²) in [5.74, 6) is 3.11. The molecule has 2 aromatic heterocycles. The van der Waals surface area contributed by atoms with Crippen LogP contribution in [0.2, 0.25) is 16.6 Å². The Hall–Kier alpha value is -6.02. The predicted molar refractivity (Wildman–Crippen MR) is 256 cm³/mol. The summed E-state index contributed by atoms with van der Waals surface area (Å²) >= 11 is 0. The second-order valence-corrected chi connectivity index (χ2v) is 23.9. The average Bonchev–Trinajstić information content (AvgIpc) is 3.97. The third kappa shape index (κ3) is 7.65. The lowest BCUT2D eigenvalue weighted by atomic mass is 9.91. The third-order valence-electron chi connectivity index (χ3n) is 13.6. The van der Waals surface area contributed by atoms with Gasteiger partial charge in [-0.15, -0.1) is 5.54 Å². The van der Waals surface area contributed by atoms with E-state index in [2.05, 4.69) is 87.2 Å². The molecule has 0 bridgehead atoms. The number of hydrogen-bond acceptors (Lipinski definition) is 6. The molecule has 7 nitrogen and oxygen atoms in total. The molecule has 0 N–H and O–H groups in total. The van der Waals surface area contributed by atoms with Gasteiger partial charge in [-0.05, 0) is 83.2 Å². The minimum absolute atomic E-state index is 0.00891. The Bertz CT molecular complexity index is 2980. The van der Waals surface area contributed by atoms with Crippen molar-refractivity contribution in [1.29, 1.82) is 0 Å². The van der Waals surface area contributed by atoms with Crippen molar-refractivity contribution in [2.75, 3.05) is 19.7 Å². The Morgan fingerprint density at radius 3 is 2.30 bits per heavy atom. The number of aliphatic imine (C=N–C) groups is 1. The van der Waals surface area contributed by atoms with Crippen LogP contribution in [-0.2, 0) is 7.05 Å². The SMILES string of the molecule is [2H]c1nc(OC[C@@]23CCCN2C/C(=C\F)C3)nc2cc(-c3cc(N=C(c4ccccc4)c4ccccc4)cc4ccc(F)c(C#C[Si](C(C)C)(C(C)C)C(C)C)c34)c3nn(C)cc3c12. The van der Waals surface area contributed by atoms with Gasteiger partial charge in [-0.25, -0.2) is 18.8 Å². The first-order chi connectivity index (χ1) is 30.8. The van der Waals surface area contributed by atoms with Gasteiger partial charge in [0, 0.05) is 58.8 Å². The van der Waals surface area contributed by atoms with E-state index in [0.29, 0.717) is 79.2 Å². The van der Waals surface area contributed by atoms with E-state index >= 15 is 4.39 Å². The number of nitrogens with zero attached hydrogens (tertiary/aromatic N) is 6. The van der Waals surface area contributed by atoms with E-state index in [0.717, 1.165) is 53.5 Å². The molecule has 1 atom stereocenters. The zero-order valence-electron chi connectivity index (χ0n) is 38.1. The summed E-state index contributed by atoms with van der Waals surface area (Å²) in [6.07, 6.45) is 5.09. The maximum Gasteiger partial charge on any atom is 0.316 e. The van der Waals surface area contributed by atoms with Gasteiger partial charge in [0.15, 0.2) is 0 Å². The fourth-order valence-electron chi connectivity index (χ4n) is 10.7. The van der Waals surface area contributed by atoms with Crippen molar-refractivity contribution < 1.29 is 14.9 Å². The fraction of sp³-hybridized carbons (Fsp3) is 0.321. The van der Waals surface area contributed by atoms with Crippen LogP contribution in [0.4, 0.5) is 14.5 Å². The van der Waals surface area contributed by atoms with Gasteiger partial charge in [-0.1, -0.05) is 114 Å². The molecule has 0 radical (unpaired) electrons. The van der Waals surface area contributed by atoms with Crippen LogP contribution in [0.15, 0.2) is 120 Å². The van der Waals surface area contributed by atoms with Crippen LogP contribution in [0, 0.1) is 17.3 Å². The molecule has 0 aliphatic carbocycles. The maximum atomic E-state index is 16.8.